The molecule has 7 rings (SSSR count). The van der Waals surface area contributed by atoms with Gasteiger partial charge in [-0.1, -0.05) is 133 Å². The molecule has 0 aliphatic carbocycles. The normalized spacial score (nSPS) is 14.9. The van der Waals surface area contributed by atoms with Crippen LogP contribution in [0.25, 0.3) is 5.57 Å². The summed E-state index contributed by atoms with van der Waals surface area (Å²) >= 11 is 20.8. The number of halogens is 19. The van der Waals surface area contributed by atoms with Crippen LogP contribution in [-0.2, 0) is 16.7 Å². The van der Waals surface area contributed by atoms with Crippen LogP contribution in [-0.4, -0.2) is 48.2 Å². The second kappa shape index (κ2) is 40.3. The topological polar surface area (TPSA) is 129 Å². The highest BCUT2D eigenvalue weighted by molar-refractivity contribution is 9.11. The number of nitrogens with two attached hydrogens (primary N) is 2. The summed E-state index contributed by atoms with van der Waals surface area (Å²) in [7, 11) is -4.26. The Balaban J connectivity index is 0.000000576. The van der Waals surface area contributed by atoms with Crippen molar-refractivity contribution in [1.29, 1.82) is 5.41 Å². The molecule has 29 heteroatoms. The first-order chi connectivity index (χ1) is 43.6. The van der Waals surface area contributed by atoms with Crippen LogP contribution in [0.2, 0.25) is 36.3 Å². The molecule has 3 unspecified atom stereocenters. The maximum Gasteiger partial charge on any atom is 0.154 e. The highest BCUT2D eigenvalue weighted by Crippen LogP contribution is 2.39. The molecule has 0 radical (unpaired) electrons. The Morgan fingerprint density at radius 2 is 1.02 bits per heavy atom. The molecule has 3 atom stereocenters. The number of rotatable bonds is 16. The minimum atomic E-state index is -2.26. The van der Waals surface area contributed by atoms with Crippen molar-refractivity contribution >= 4 is 174 Å². The lowest BCUT2D eigenvalue weighted by atomic mass is 9.89. The minimum absolute atomic E-state index is 0. The summed E-state index contributed by atoms with van der Waals surface area (Å²) in [6.07, 6.45) is 4.88. The lowest BCUT2D eigenvalue weighted by molar-refractivity contribution is 0.106. The van der Waals surface area contributed by atoms with E-state index in [2.05, 4.69) is 114 Å². The zero-order valence-corrected chi connectivity index (χ0v) is 67.4. The molecule has 0 spiro atoms. The van der Waals surface area contributed by atoms with E-state index in [0.29, 0.717) is 43.7 Å². The molecule has 524 valence electrons. The van der Waals surface area contributed by atoms with Crippen LogP contribution in [0.3, 0.4) is 0 Å². The zero-order valence-electron chi connectivity index (χ0n) is 53.5. The molecule has 0 fully saturated rings. The largest absolute Gasteiger partial charge is 0.381 e. The Hall–Kier alpha value is -3.14. The Morgan fingerprint density at radius 1 is 0.589 bits per heavy atom. The molecule has 6 aromatic rings. The Labute approximate surface area is 616 Å². The van der Waals surface area contributed by atoms with Gasteiger partial charge in [-0.3, -0.25) is 10.4 Å². The molecule has 0 bridgehead atoms. The van der Waals surface area contributed by atoms with Gasteiger partial charge in [-0.15, -0.1) is 12.4 Å². The van der Waals surface area contributed by atoms with Crippen molar-refractivity contribution in [2.45, 2.75) is 129 Å². The van der Waals surface area contributed by atoms with E-state index in [4.69, 9.17) is 16.9 Å². The number of hydrogen-bond donors (Lipinski definition) is 5. The van der Waals surface area contributed by atoms with Crippen LogP contribution in [0.1, 0.15) is 97.9 Å². The lowest BCUT2D eigenvalue weighted by Crippen LogP contribution is -2.50. The van der Waals surface area contributed by atoms with Gasteiger partial charge in [-0.05, 0) is 184 Å². The Bertz CT molecular complexity index is 3690. The third-order valence-electron chi connectivity index (χ3n) is 15.9. The fourth-order valence-electron chi connectivity index (χ4n) is 9.62. The molecule has 0 saturated heterocycles. The fraction of sp³-hybridized carbons (Fsp3) is 0.333. The van der Waals surface area contributed by atoms with Gasteiger partial charge >= 0.3 is 0 Å². The maximum absolute atomic E-state index is 15.0. The molecule has 6 aromatic carbocycles. The smallest absolute Gasteiger partial charge is 0.154 e. The number of amidine groups is 2. The van der Waals surface area contributed by atoms with Gasteiger partial charge in [0.2, 0.25) is 0 Å². The average molecular weight is 1820 g/mol. The van der Waals surface area contributed by atoms with Gasteiger partial charge < -0.3 is 21.7 Å². The van der Waals surface area contributed by atoms with Gasteiger partial charge in [0, 0.05) is 68.4 Å². The maximum atomic E-state index is 15.0. The number of nitrogens with zero attached hydrogens (tertiary/aromatic N) is 1. The summed E-state index contributed by atoms with van der Waals surface area (Å²) in [5.41, 5.74) is 8.56. The first-order valence-electron chi connectivity index (χ1n) is 28.9. The highest BCUT2D eigenvalue weighted by Gasteiger charge is 2.40. The summed E-state index contributed by atoms with van der Waals surface area (Å²) in [4.78, 5) is 4.29. The van der Waals surface area contributed by atoms with Crippen LogP contribution in [0.5, 0.6) is 0 Å². The van der Waals surface area contributed by atoms with Crippen molar-refractivity contribution in [2.75, 3.05) is 11.5 Å². The first kappa shape index (κ1) is 89.9. The monoisotopic (exact) mass is 1810 g/mol. The van der Waals surface area contributed by atoms with E-state index in [-0.39, 0.29) is 62.1 Å². The van der Waals surface area contributed by atoms with Crippen molar-refractivity contribution in [1.82, 2.24) is 0 Å². The predicted octanol–water partition coefficient (Wildman–Crippen LogP) is 22.7. The lowest BCUT2D eigenvalue weighted by Gasteiger charge is -2.32. The summed E-state index contributed by atoms with van der Waals surface area (Å²) < 4.78 is 163. The third-order valence-corrected chi connectivity index (χ3v) is 32.2. The van der Waals surface area contributed by atoms with E-state index in [1.165, 1.54) is 86.3 Å². The predicted molar refractivity (Wildman–Crippen MR) is 399 cm³/mol. The quantitative estimate of drug-likeness (QED) is 0.0164. The van der Waals surface area contributed by atoms with E-state index in [0.717, 1.165) is 78.0 Å². The van der Waals surface area contributed by atoms with Crippen molar-refractivity contribution < 1.29 is 62.9 Å². The van der Waals surface area contributed by atoms with Gasteiger partial charge in [0.1, 0.15) is 81.0 Å². The minimum Gasteiger partial charge on any atom is -0.381 e. The molecule has 7 N–H and O–H groups in total. The van der Waals surface area contributed by atoms with Gasteiger partial charge in [-0.25, -0.2) is 52.7 Å². The van der Waals surface area contributed by atoms with Gasteiger partial charge in [-0.2, -0.15) is 0 Å². The van der Waals surface area contributed by atoms with Crippen LogP contribution in [0.4, 0.5) is 52.7 Å². The fourth-order valence-corrected chi connectivity index (χ4v) is 21.0. The number of aliphatic hydroxyl groups is 2. The van der Waals surface area contributed by atoms with Crippen molar-refractivity contribution in [2.24, 2.45) is 16.5 Å². The SMILES string of the molecule is C/C(=C\CSC(=N)N)c1cc(Br)c(F)cc1F.C=CC(C)(O)c1cc(Br)c(F)c([Si](CC)(CC)CC)c1F.C=CC(C)(O)c1cc(Br)c(F)cc1F.CC1(c2cc(Br)c(F)cc2F)CCSC(N)=N1.CC[Si](CC)(CC)c1c(F)ccc(Br)c1F.Cl.Fc1ccc(Br)c(F)c1. The second-order valence-corrected chi connectivity index (χ2v) is 39.4. The molecule has 0 amide bonds. The molecule has 0 saturated carbocycles. The number of allylic oxidation sites excluding steroid dienone is 1. The molecule has 1 heterocycles. The van der Waals surface area contributed by atoms with Crippen molar-refractivity contribution in [3.05, 3.63) is 223 Å². The first-order valence-corrected chi connectivity index (χ1v) is 40.8. The second-order valence-electron chi connectivity index (χ2n) is 21.7. The molecule has 6 nitrogen and oxygen atoms in total. The molecular formula is C66H75Br6ClF12N4O2S2Si2. The van der Waals surface area contributed by atoms with Gasteiger partial charge in [0.25, 0.3) is 0 Å². The summed E-state index contributed by atoms with van der Waals surface area (Å²) in [5.74, 6) is -5.71. The number of benzene rings is 6. The van der Waals surface area contributed by atoms with Crippen molar-refractivity contribution in [3.8, 4) is 0 Å². The summed E-state index contributed by atoms with van der Waals surface area (Å²) in [6.45, 7) is 25.4. The van der Waals surface area contributed by atoms with E-state index < -0.39 is 96.9 Å². The zero-order chi connectivity index (χ0) is 72.2. The Morgan fingerprint density at radius 3 is 1.49 bits per heavy atom. The molecule has 1 aliphatic rings. The van der Waals surface area contributed by atoms with Crippen LogP contribution >= 0.6 is 132 Å². The van der Waals surface area contributed by atoms with E-state index in [1.54, 1.807) is 13.0 Å². The molecule has 1 aliphatic heterocycles. The number of hydrogen-bond acceptors (Lipinski definition) is 7. The van der Waals surface area contributed by atoms with Crippen molar-refractivity contribution in [3.63, 3.8) is 0 Å². The summed E-state index contributed by atoms with van der Waals surface area (Å²) in [5, 5.41) is 28.0. The summed E-state index contributed by atoms with van der Waals surface area (Å²) in [6, 6.07) is 18.9. The van der Waals surface area contributed by atoms with Crippen LogP contribution < -0.4 is 21.8 Å². The van der Waals surface area contributed by atoms with Gasteiger partial charge in [0.05, 0.1) is 48.5 Å². The van der Waals surface area contributed by atoms with E-state index >= 15 is 4.39 Å². The number of aliphatic imine (C=N–C) groups is 1. The third kappa shape index (κ3) is 24.6. The Kier molecular flexibility index (Phi) is 38.2. The standard InChI is InChI=1S/C16H23BrF2OSi.C12H17BrF2Si.2C11H11BrF2N2S.C10H9BrF2O.C6H3BrF2.ClH/c1-6-16(5,20)11-10-12(17)14(19)15(13(11)18)21(7-2,8-3)9-4;1-4-16(5-2,6-3)12-10(14)8-7-9(13)11(12)15;1-11(2-3-17-10(15)16-11)6-4-7(12)9(14)5-8(6)13;1-6(2-3-17-11(15)16)7-4-8(12)10(14)5-9(7)13;1-3-10(2,14)6-4-7(11)9(13)5-8(6)12;7-5-2-1-4(8)3-6(5)9;/h6,10,20H,1,7-9H2,2-5H3;7-8H,4-6H2,1-3H3;4-5H,2-3H2,1H3,(H2,15,16);2,4-5H,3H2,1H3,(H3,15,16);3-5,14H,1H2,2H3;1-3H;1H/b;;;6-2+;;;. The number of nitrogens with one attached hydrogen (secondary N) is 1. The average Bonchev–Trinajstić information content (AvgIpc) is 0.768. The number of thioether (sulfide) groups is 2. The van der Waals surface area contributed by atoms with Crippen LogP contribution in [0, 0.1) is 75.2 Å². The van der Waals surface area contributed by atoms with E-state index in [1.807, 2.05) is 48.5 Å². The van der Waals surface area contributed by atoms with E-state index in [9.17, 15) is 58.5 Å². The highest BCUT2D eigenvalue weighted by atomic mass is 79.9. The molecule has 0 aromatic heterocycles. The molecule has 95 heavy (non-hydrogen) atoms. The van der Waals surface area contributed by atoms with Gasteiger partial charge in [0.15, 0.2) is 10.3 Å². The van der Waals surface area contributed by atoms with Crippen LogP contribution in [0.15, 0.2) is 136 Å². The molecular weight excluding hydrogens is 1740 g/mol.